The van der Waals surface area contributed by atoms with E-state index in [1.165, 1.54) is 12.3 Å². The summed E-state index contributed by atoms with van der Waals surface area (Å²) in [6.07, 6.45) is 3.02. The van der Waals surface area contributed by atoms with Crippen molar-refractivity contribution in [3.05, 3.63) is 53.9 Å². The SMILES string of the molecule is NC(=O)c1cccnc1.O=C(O)c1ccc(O)cc1O. The van der Waals surface area contributed by atoms with E-state index in [9.17, 15) is 9.59 Å². The molecular formula is C13H12N2O5. The number of carboxylic acids is 1. The lowest BCUT2D eigenvalue weighted by atomic mass is 10.2. The Morgan fingerprint density at radius 3 is 2.25 bits per heavy atom. The van der Waals surface area contributed by atoms with Crippen LogP contribution in [-0.2, 0) is 0 Å². The van der Waals surface area contributed by atoms with Crippen LogP contribution in [0.3, 0.4) is 0 Å². The number of primary amides is 1. The zero-order valence-electron chi connectivity index (χ0n) is 10.2. The molecule has 0 fully saturated rings. The normalized spacial score (nSPS) is 9.20. The molecule has 0 aliphatic rings. The van der Waals surface area contributed by atoms with E-state index in [2.05, 4.69) is 4.98 Å². The lowest BCUT2D eigenvalue weighted by Crippen LogP contribution is -2.10. The van der Waals surface area contributed by atoms with Crippen LogP contribution in [-0.4, -0.2) is 32.2 Å². The fraction of sp³-hybridized carbons (Fsp3) is 0. The molecule has 0 saturated carbocycles. The maximum absolute atomic E-state index is 10.4. The molecule has 0 aliphatic carbocycles. The predicted octanol–water partition coefficient (Wildman–Crippen LogP) is 0.977. The lowest BCUT2D eigenvalue weighted by molar-refractivity contribution is 0.0693. The van der Waals surface area contributed by atoms with E-state index in [1.54, 1.807) is 18.3 Å². The van der Waals surface area contributed by atoms with Crippen LogP contribution < -0.4 is 5.73 Å². The summed E-state index contributed by atoms with van der Waals surface area (Å²) in [5, 5.41) is 26.1. The monoisotopic (exact) mass is 276 g/mol. The second-order valence-electron chi connectivity index (χ2n) is 3.61. The number of nitrogens with two attached hydrogens (primary N) is 1. The van der Waals surface area contributed by atoms with E-state index in [0.29, 0.717) is 5.56 Å². The summed E-state index contributed by atoms with van der Waals surface area (Å²) in [5.74, 6) is -2.25. The molecule has 0 radical (unpaired) electrons. The molecule has 0 bridgehead atoms. The highest BCUT2D eigenvalue weighted by Crippen LogP contribution is 2.21. The summed E-state index contributed by atoms with van der Waals surface area (Å²) in [6, 6.07) is 6.59. The highest BCUT2D eigenvalue weighted by molar-refractivity contribution is 5.92. The topological polar surface area (TPSA) is 134 Å². The van der Waals surface area contributed by atoms with E-state index < -0.39 is 17.6 Å². The maximum atomic E-state index is 10.4. The number of carbonyl (C=O) groups excluding carboxylic acids is 1. The molecule has 20 heavy (non-hydrogen) atoms. The van der Waals surface area contributed by atoms with Crippen molar-refractivity contribution in [1.82, 2.24) is 4.98 Å². The molecule has 1 aromatic carbocycles. The number of phenolic OH excluding ortho intramolecular Hbond substituents is 1. The fourth-order valence-corrected chi connectivity index (χ4v) is 1.21. The van der Waals surface area contributed by atoms with Gasteiger partial charge in [0.05, 0.1) is 5.56 Å². The minimum atomic E-state index is -1.22. The second kappa shape index (κ2) is 6.74. The summed E-state index contributed by atoms with van der Waals surface area (Å²) in [7, 11) is 0. The average Bonchev–Trinajstić information content (AvgIpc) is 2.40. The highest BCUT2D eigenvalue weighted by Gasteiger charge is 2.08. The first-order valence-electron chi connectivity index (χ1n) is 5.37. The summed E-state index contributed by atoms with van der Waals surface area (Å²) in [6.45, 7) is 0. The highest BCUT2D eigenvalue weighted by atomic mass is 16.4. The third kappa shape index (κ3) is 4.30. The third-order valence-corrected chi connectivity index (χ3v) is 2.16. The number of aromatic hydroxyl groups is 2. The van der Waals surface area contributed by atoms with Crippen LogP contribution in [0.15, 0.2) is 42.7 Å². The maximum Gasteiger partial charge on any atom is 0.339 e. The Morgan fingerprint density at radius 2 is 1.85 bits per heavy atom. The van der Waals surface area contributed by atoms with Crippen molar-refractivity contribution in [1.29, 1.82) is 0 Å². The summed E-state index contributed by atoms with van der Waals surface area (Å²) in [5.41, 5.74) is 5.16. The van der Waals surface area contributed by atoms with Gasteiger partial charge < -0.3 is 21.1 Å². The first kappa shape index (κ1) is 15.0. The molecule has 0 atom stereocenters. The first-order chi connectivity index (χ1) is 9.41. The lowest BCUT2D eigenvalue weighted by Gasteiger charge is -1.97. The number of benzene rings is 1. The van der Waals surface area contributed by atoms with Crippen LogP contribution in [0.5, 0.6) is 11.5 Å². The average molecular weight is 276 g/mol. The van der Waals surface area contributed by atoms with Crippen molar-refractivity contribution in [2.24, 2.45) is 5.73 Å². The first-order valence-corrected chi connectivity index (χ1v) is 5.37. The smallest absolute Gasteiger partial charge is 0.339 e. The van der Waals surface area contributed by atoms with Gasteiger partial charge in [-0.1, -0.05) is 0 Å². The number of amides is 1. The molecule has 1 heterocycles. The fourth-order valence-electron chi connectivity index (χ4n) is 1.21. The minimum Gasteiger partial charge on any atom is -0.508 e. The molecule has 0 aliphatic heterocycles. The molecule has 104 valence electrons. The van der Waals surface area contributed by atoms with E-state index >= 15 is 0 Å². The molecule has 7 nitrogen and oxygen atoms in total. The van der Waals surface area contributed by atoms with Gasteiger partial charge in [-0.15, -0.1) is 0 Å². The molecular weight excluding hydrogens is 264 g/mol. The number of carbonyl (C=O) groups is 2. The number of pyridine rings is 1. The minimum absolute atomic E-state index is 0.160. The Morgan fingerprint density at radius 1 is 1.15 bits per heavy atom. The van der Waals surface area contributed by atoms with E-state index in [0.717, 1.165) is 12.1 Å². The quantitative estimate of drug-likeness (QED) is 0.645. The predicted molar refractivity (Wildman–Crippen MR) is 69.5 cm³/mol. The van der Waals surface area contributed by atoms with Gasteiger partial charge in [-0.05, 0) is 24.3 Å². The number of hydrogen-bond acceptors (Lipinski definition) is 5. The van der Waals surface area contributed by atoms with Gasteiger partial charge >= 0.3 is 5.97 Å². The molecule has 1 aromatic heterocycles. The molecule has 1 amide bonds. The van der Waals surface area contributed by atoms with Gasteiger partial charge in [-0.2, -0.15) is 0 Å². The Kier molecular flexibility index (Phi) is 5.04. The van der Waals surface area contributed by atoms with Gasteiger partial charge in [0.2, 0.25) is 5.91 Å². The van der Waals surface area contributed by atoms with Crippen molar-refractivity contribution in [2.75, 3.05) is 0 Å². The van der Waals surface area contributed by atoms with Crippen molar-refractivity contribution >= 4 is 11.9 Å². The van der Waals surface area contributed by atoms with Crippen LogP contribution in [0.25, 0.3) is 0 Å². The largest absolute Gasteiger partial charge is 0.508 e. The molecule has 0 spiro atoms. The zero-order valence-corrected chi connectivity index (χ0v) is 10.2. The number of carboxylic acid groups (broad SMARTS) is 1. The van der Waals surface area contributed by atoms with Crippen molar-refractivity contribution < 1.29 is 24.9 Å². The van der Waals surface area contributed by atoms with E-state index in [4.69, 9.17) is 21.1 Å². The number of aromatic carboxylic acids is 1. The van der Waals surface area contributed by atoms with Gasteiger partial charge in [-0.25, -0.2) is 4.79 Å². The Hall–Kier alpha value is -3.09. The van der Waals surface area contributed by atoms with Crippen LogP contribution in [0.4, 0.5) is 0 Å². The van der Waals surface area contributed by atoms with Gasteiger partial charge in [0.15, 0.2) is 0 Å². The summed E-state index contributed by atoms with van der Waals surface area (Å²) in [4.78, 5) is 24.4. The van der Waals surface area contributed by atoms with Gasteiger partial charge in [-0.3, -0.25) is 9.78 Å². The van der Waals surface area contributed by atoms with Gasteiger partial charge in [0, 0.05) is 18.5 Å². The van der Waals surface area contributed by atoms with Crippen LogP contribution in [0.2, 0.25) is 0 Å². The number of phenols is 2. The van der Waals surface area contributed by atoms with E-state index in [-0.39, 0.29) is 11.3 Å². The van der Waals surface area contributed by atoms with Gasteiger partial charge in [0.1, 0.15) is 17.1 Å². The zero-order chi connectivity index (χ0) is 15.1. The summed E-state index contributed by atoms with van der Waals surface area (Å²) < 4.78 is 0. The third-order valence-electron chi connectivity index (χ3n) is 2.16. The Bertz CT molecular complexity index is 613. The Labute approximate surface area is 113 Å². The van der Waals surface area contributed by atoms with Gasteiger partial charge in [0.25, 0.3) is 0 Å². The summed E-state index contributed by atoms with van der Waals surface area (Å²) >= 11 is 0. The molecule has 7 heteroatoms. The van der Waals surface area contributed by atoms with Crippen LogP contribution in [0.1, 0.15) is 20.7 Å². The number of aromatic nitrogens is 1. The Balaban J connectivity index is 0.000000204. The van der Waals surface area contributed by atoms with Crippen molar-refractivity contribution in [3.8, 4) is 11.5 Å². The van der Waals surface area contributed by atoms with Crippen molar-refractivity contribution in [2.45, 2.75) is 0 Å². The van der Waals surface area contributed by atoms with Crippen LogP contribution in [0, 0.1) is 0 Å². The van der Waals surface area contributed by atoms with Crippen LogP contribution >= 0.6 is 0 Å². The number of rotatable bonds is 2. The second-order valence-corrected chi connectivity index (χ2v) is 3.61. The molecule has 5 N–H and O–H groups in total. The molecule has 0 saturated heterocycles. The van der Waals surface area contributed by atoms with Crippen molar-refractivity contribution in [3.63, 3.8) is 0 Å². The standard InChI is InChI=1S/C7H6O4.C6H6N2O/c8-4-1-2-5(7(10)11)6(9)3-4;7-6(9)5-2-1-3-8-4-5/h1-3,8-9H,(H,10,11);1-4H,(H2,7,9). The molecule has 2 aromatic rings. The van der Waals surface area contributed by atoms with E-state index in [1.807, 2.05) is 0 Å². The number of nitrogens with zero attached hydrogens (tertiary/aromatic N) is 1. The molecule has 0 unspecified atom stereocenters. The number of hydrogen-bond donors (Lipinski definition) is 4. The molecule has 2 rings (SSSR count).